The molecule has 0 fully saturated rings. The van der Waals surface area contributed by atoms with Gasteiger partial charge in [-0.1, -0.05) is 18.2 Å². The topological polar surface area (TPSA) is 49.3 Å². The number of guanidine groups is 1. The van der Waals surface area contributed by atoms with Crippen molar-refractivity contribution in [3.63, 3.8) is 0 Å². The lowest BCUT2D eigenvalue weighted by atomic mass is 10.3. The second kappa shape index (κ2) is 4.35. The van der Waals surface area contributed by atoms with Crippen LogP contribution >= 0.6 is 0 Å². The summed E-state index contributed by atoms with van der Waals surface area (Å²) in [6.45, 7) is 3.62. The first-order valence-corrected chi connectivity index (χ1v) is 5.38. The second-order valence-electron chi connectivity index (χ2n) is 3.97. The summed E-state index contributed by atoms with van der Waals surface area (Å²) in [5, 5.41) is 0. The summed E-state index contributed by atoms with van der Waals surface area (Å²) in [5.41, 5.74) is 7.09. The van der Waals surface area contributed by atoms with Crippen LogP contribution in [0.25, 0.3) is 0 Å². The van der Waals surface area contributed by atoms with Gasteiger partial charge in [-0.25, -0.2) is 4.90 Å². The summed E-state index contributed by atoms with van der Waals surface area (Å²) in [6.07, 6.45) is 0. The van der Waals surface area contributed by atoms with E-state index in [1.54, 1.807) is 6.92 Å². The van der Waals surface area contributed by atoms with Gasteiger partial charge in [-0.2, -0.15) is 0 Å². The largest absolute Gasteiger partial charge is 0.351 e. The summed E-state index contributed by atoms with van der Waals surface area (Å²) in [4.78, 5) is 13.1. The Bertz CT molecular complexity index is 425. The summed E-state index contributed by atoms with van der Waals surface area (Å²) in [7, 11) is 0. The average molecular weight is 218 g/mol. The van der Waals surface area contributed by atoms with E-state index in [0.717, 1.165) is 18.8 Å². The number of ketones is 1. The Morgan fingerprint density at radius 3 is 2.75 bits per heavy atom. The zero-order valence-electron chi connectivity index (χ0n) is 9.39. The van der Waals surface area contributed by atoms with Gasteiger partial charge in [0, 0.05) is 0 Å². The molecule has 0 saturated carbocycles. The molecular weight excluding hydrogens is 202 g/mol. The molecule has 1 heterocycles. The normalized spacial score (nSPS) is 15.7. The van der Waals surface area contributed by atoms with E-state index in [9.17, 15) is 4.79 Å². The van der Waals surface area contributed by atoms with Gasteiger partial charge in [-0.15, -0.1) is 0 Å². The van der Waals surface area contributed by atoms with Crippen LogP contribution in [-0.2, 0) is 4.79 Å². The fourth-order valence-electron chi connectivity index (χ4n) is 1.92. The van der Waals surface area contributed by atoms with Crippen LogP contribution in [-0.4, -0.2) is 36.0 Å². The Hall–Kier alpha value is -1.84. The third-order valence-corrected chi connectivity index (χ3v) is 2.68. The highest BCUT2D eigenvalue weighted by atomic mass is 16.1. The van der Waals surface area contributed by atoms with Gasteiger partial charge >= 0.3 is 5.96 Å². The van der Waals surface area contributed by atoms with Crippen LogP contribution in [0.5, 0.6) is 0 Å². The van der Waals surface area contributed by atoms with Crippen LogP contribution in [0.3, 0.4) is 0 Å². The Balaban J connectivity index is 2.21. The molecule has 16 heavy (non-hydrogen) atoms. The maximum Gasteiger partial charge on any atom is 0.351 e. The molecule has 84 valence electrons. The zero-order chi connectivity index (χ0) is 11.5. The Morgan fingerprint density at radius 2 is 2.12 bits per heavy atom. The number of benzene rings is 1. The van der Waals surface area contributed by atoms with Crippen molar-refractivity contribution in [1.82, 2.24) is 0 Å². The molecule has 0 amide bonds. The third kappa shape index (κ3) is 2.05. The lowest BCUT2D eigenvalue weighted by Crippen LogP contribution is -2.37. The van der Waals surface area contributed by atoms with E-state index >= 15 is 0 Å². The number of hydrogen-bond acceptors (Lipinski definition) is 3. The number of hydrogen-bond donors (Lipinski definition) is 1. The van der Waals surface area contributed by atoms with Crippen molar-refractivity contribution in [2.24, 2.45) is 5.73 Å². The minimum Gasteiger partial charge on any atom is -0.296 e. The first kappa shape index (κ1) is 10.7. The van der Waals surface area contributed by atoms with Crippen molar-refractivity contribution >= 4 is 17.4 Å². The number of para-hydroxylation sites is 1. The summed E-state index contributed by atoms with van der Waals surface area (Å²) in [6, 6.07) is 9.98. The average Bonchev–Trinajstić information content (AvgIpc) is 2.61. The minimum atomic E-state index is 0.137. The van der Waals surface area contributed by atoms with Crippen LogP contribution in [0.4, 0.5) is 5.69 Å². The summed E-state index contributed by atoms with van der Waals surface area (Å²) >= 11 is 0. The molecule has 0 aromatic heterocycles. The lowest BCUT2D eigenvalue weighted by Gasteiger charge is -2.10. The zero-order valence-corrected chi connectivity index (χ0v) is 9.39. The number of anilines is 1. The number of rotatable bonds is 3. The molecule has 0 spiro atoms. The maximum atomic E-state index is 11.1. The number of Topliss-reactive ketones (excluding diaryl/α,β-unsaturated/α-hetero) is 1. The molecule has 0 radical (unpaired) electrons. The van der Waals surface area contributed by atoms with Crippen molar-refractivity contribution in [3.05, 3.63) is 30.3 Å². The highest BCUT2D eigenvalue weighted by Crippen LogP contribution is 2.14. The molecular formula is C12H16N3O+. The monoisotopic (exact) mass is 218 g/mol. The molecule has 0 unspecified atom stereocenters. The van der Waals surface area contributed by atoms with Gasteiger partial charge in [0.1, 0.15) is 18.8 Å². The second-order valence-corrected chi connectivity index (χ2v) is 3.97. The van der Waals surface area contributed by atoms with E-state index in [1.165, 1.54) is 0 Å². The fourth-order valence-corrected chi connectivity index (χ4v) is 1.92. The van der Waals surface area contributed by atoms with Crippen LogP contribution < -0.4 is 10.6 Å². The van der Waals surface area contributed by atoms with Gasteiger partial charge in [0.25, 0.3) is 0 Å². The predicted octanol–water partition coefficient (Wildman–Crippen LogP) is 0.423. The van der Waals surface area contributed by atoms with Crippen LogP contribution in [0, 0.1) is 0 Å². The van der Waals surface area contributed by atoms with Crippen molar-refractivity contribution in [2.75, 3.05) is 24.5 Å². The molecule has 1 aromatic rings. The van der Waals surface area contributed by atoms with E-state index in [0.29, 0.717) is 12.5 Å². The highest BCUT2D eigenvalue weighted by Gasteiger charge is 2.28. The third-order valence-electron chi connectivity index (χ3n) is 2.68. The molecule has 2 N–H and O–H groups in total. The minimum absolute atomic E-state index is 0.137. The highest BCUT2D eigenvalue weighted by molar-refractivity contribution is 5.93. The summed E-state index contributed by atoms with van der Waals surface area (Å²) in [5.74, 6) is 0.805. The summed E-state index contributed by atoms with van der Waals surface area (Å²) < 4.78 is 1.91. The van der Waals surface area contributed by atoms with Crippen molar-refractivity contribution < 1.29 is 9.37 Å². The molecule has 4 nitrogen and oxygen atoms in total. The van der Waals surface area contributed by atoms with Gasteiger partial charge in [0.05, 0.1) is 6.54 Å². The smallest absolute Gasteiger partial charge is 0.296 e. The molecule has 0 aliphatic carbocycles. The standard InChI is InChI=1S/C12H15N3O/c1-10(16)9-14-7-8-15(12(14)13)11-5-3-2-4-6-11/h2-6,13H,7-9H2,1H3/p+1. The molecule has 4 heteroatoms. The predicted molar refractivity (Wildman–Crippen MR) is 63.7 cm³/mol. The van der Waals surface area contributed by atoms with Crippen LogP contribution in [0.15, 0.2) is 30.3 Å². The van der Waals surface area contributed by atoms with Crippen molar-refractivity contribution in [2.45, 2.75) is 6.92 Å². The fraction of sp³-hybridized carbons (Fsp3) is 0.333. The molecule has 2 rings (SSSR count). The number of nitrogens with two attached hydrogens (primary N) is 1. The van der Waals surface area contributed by atoms with Gasteiger partial charge in [0.2, 0.25) is 0 Å². The molecule has 0 atom stereocenters. The number of carbonyl (C=O) groups excluding carboxylic acids is 1. The van der Waals surface area contributed by atoms with Gasteiger partial charge < -0.3 is 0 Å². The van der Waals surface area contributed by atoms with Crippen molar-refractivity contribution in [3.8, 4) is 0 Å². The Morgan fingerprint density at radius 1 is 1.44 bits per heavy atom. The van der Waals surface area contributed by atoms with E-state index in [1.807, 2.05) is 39.8 Å². The van der Waals surface area contributed by atoms with Gasteiger partial charge in [-0.05, 0) is 19.1 Å². The van der Waals surface area contributed by atoms with Crippen LogP contribution in [0.2, 0.25) is 0 Å². The molecule has 1 aromatic carbocycles. The SMILES string of the molecule is CC(=O)C[N+]1=C(N)N(c2ccccc2)CC1. The van der Waals surface area contributed by atoms with Crippen molar-refractivity contribution in [1.29, 1.82) is 0 Å². The van der Waals surface area contributed by atoms with Gasteiger partial charge in [0.15, 0.2) is 5.78 Å². The number of carbonyl (C=O) groups is 1. The molecule has 0 bridgehead atoms. The van der Waals surface area contributed by atoms with E-state index in [4.69, 9.17) is 5.73 Å². The van der Waals surface area contributed by atoms with E-state index in [-0.39, 0.29) is 5.78 Å². The quantitative estimate of drug-likeness (QED) is 0.748. The number of nitrogens with zero attached hydrogens (tertiary/aromatic N) is 2. The molecule has 1 aliphatic heterocycles. The van der Waals surface area contributed by atoms with Gasteiger partial charge in [-0.3, -0.25) is 15.1 Å². The molecule has 1 aliphatic rings. The molecule has 0 saturated heterocycles. The Labute approximate surface area is 95.0 Å². The first-order valence-electron chi connectivity index (χ1n) is 5.38. The van der Waals surface area contributed by atoms with E-state index in [2.05, 4.69) is 0 Å². The maximum absolute atomic E-state index is 11.1. The Kier molecular flexibility index (Phi) is 2.90. The van der Waals surface area contributed by atoms with Crippen LogP contribution in [0.1, 0.15) is 6.92 Å². The van der Waals surface area contributed by atoms with E-state index < -0.39 is 0 Å². The lowest BCUT2D eigenvalue weighted by molar-refractivity contribution is -0.506. The first-order chi connectivity index (χ1) is 7.68.